The summed E-state index contributed by atoms with van der Waals surface area (Å²) < 4.78 is 6.00. The molecule has 1 fully saturated rings. The fourth-order valence-electron chi connectivity index (χ4n) is 3.87. The smallest absolute Gasteiger partial charge is 0.165 e. The van der Waals surface area contributed by atoms with E-state index >= 15 is 0 Å². The lowest BCUT2D eigenvalue weighted by atomic mass is 9.66. The van der Waals surface area contributed by atoms with Gasteiger partial charge in [-0.15, -0.1) is 0 Å². The van der Waals surface area contributed by atoms with Gasteiger partial charge in [0.25, 0.3) is 0 Å². The minimum Gasteiger partial charge on any atom is -0.504 e. The number of ether oxygens (including phenoxy) is 1. The molecule has 1 aromatic carbocycles. The molecule has 3 atom stereocenters. The molecule has 0 amide bonds. The van der Waals surface area contributed by atoms with E-state index in [1.165, 1.54) is 29.5 Å². The summed E-state index contributed by atoms with van der Waals surface area (Å²) in [6.45, 7) is 4.15. The zero-order chi connectivity index (χ0) is 11.6. The first kappa shape index (κ1) is 9.58. The summed E-state index contributed by atoms with van der Waals surface area (Å²) in [5.74, 6) is 2.22. The zero-order valence-electron chi connectivity index (χ0n) is 9.78. The number of benzene rings is 1. The van der Waals surface area contributed by atoms with Crippen molar-refractivity contribution in [3.63, 3.8) is 0 Å². The van der Waals surface area contributed by atoms with Crippen LogP contribution in [-0.2, 0) is 6.42 Å². The summed E-state index contributed by atoms with van der Waals surface area (Å²) in [6, 6.07) is 3.84. The Balaban J connectivity index is 1.95. The molecule has 1 saturated carbocycles. The third-order valence-corrected chi connectivity index (χ3v) is 4.70. The molecule has 4 rings (SSSR count). The first-order valence-corrected chi connectivity index (χ1v) is 6.45. The molecule has 3 aliphatic rings. The molecular formula is C15H16O2. The minimum absolute atomic E-state index is 0.121. The van der Waals surface area contributed by atoms with Crippen LogP contribution in [0.25, 0.3) is 0 Å². The fourth-order valence-corrected chi connectivity index (χ4v) is 3.87. The highest BCUT2D eigenvalue weighted by Crippen LogP contribution is 2.57. The van der Waals surface area contributed by atoms with E-state index in [1.54, 1.807) is 6.07 Å². The van der Waals surface area contributed by atoms with Crippen LogP contribution in [-0.4, -0.2) is 11.2 Å². The molecule has 0 radical (unpaired) electrons. The predicted molar refractivity (Wildman–Crippen MR) is 65.4 cm³/mol. The fraction of sp³-hybridized carbons (Fsp3) is 0.467. The lowest BCUT2D eigenvalue weighted by Crippen LogP contribution is -2.34. The van der Waals surface area contributed by atoms with Crippen LogP contribution in [0.1, 0.15) is 36.3 Å². The van der Waals surface area contributed by atoms with Crippen molar-refractivity contribution in [2.75, 3.05) is 0 Å². The van der Waals surface area contributed by atoms with Gasteiger partial charge in [-0.05, 0) is 48.8 Å². The van der Waals surface area contributed by atoms with Crippen LogP contribution >= 0.6 is 0 Å². The molecule has 0 spiro atoms. The Morgan fingerprint density at radius 1 is 1.24 bits per heavy atom. The van der Waals surface area contributed by atoms with Gasteiger partial charge in [0.2, 0.25) is 0 Å². The normalized spacial score (nSPS) is 33.2. The van der Waals surface area contributed by atoms with E-state index in [9.17, 15) is 5.11 Å². The van der Waals surface area contributed by atoms with Crippen LogP contribution in [0.3, 0.4) is 0 Å². The third-order valence-electron chi connectivity index (χ3n) is 4.70. The molecule has 2 heteroatoms. The topological polar surface area (TPSA) is 29.5 Å². The Labute approximate surface area is 101 Å². The van der Waals surface area contributed by atoms with Gasteiger partial charge in [-0.3, -0.25) is 0 Å². The second-order valence-electron chi connectivity index (χ2n) is 5.55. The van der Waals surface area contributed by atoms with Crippen LogP contribution in [0, 0.1) is 5.92 Å². The summed E-state index contributed by atoms with van der Waals surface area (Å²) in [5, 5.41) is 9.94. The number of phenols is 1. The molecule has 0 bridgehead atoms. The SMILES string of the molecule is C=C1CCC2CCc3ccc(O)c4c3C2C1O4. The second kappa shape index (κ2) is 3.06. The van der Waals surface area contributed by atoms with Crippen molar-refractivity contribution in [1.82, 2.24) is 0 Å². The van der Waals surface area contributed by atoms with E-state index in [1.807, 2.05) is 0 Å². The van der Waals surface area contributed by atoms with Gasteiger partial charge < -0.3 is 9.84 Å². The van der Waals surface area contributed by atoms with E-state index in [2.05, 4.69) is 12.6 Å². The van der Waals surface area contributed by atoms with Crippen molar-refractivity contribution in [3.05, 3.63) is 35.4 Å². The van der Waals surface area contributed by atoms with Gasteiger partial charge in [-0.2, -0.15) is 0 Å². The summed E-state index contributed by atoms with van der Waals surface area (Å²) in [4.78, 5) is 0. The van der Waals surface area contributed by atoms with Gasteiger partial charge in [0.1, 0.15) is 6.10 Å². The Morgan fingerprint density at radius 2 is 2.06 bits per heavy atom. The lowest BCUT2D eigenvalue weighted by molar-refractivity contribution is 0.165. The predicted octanol–water partition coefficient (Wildman–Crippen LogP) is 3.15. The van der Waals surface area contributed by atoms with Crippen molar-refractivity contribution in [1.29, 1.82) is 0 Å². The Morgan fingerprint density at radius 3 is 2.94 bits per heavy atom. The molecule has 17 heavy (non-hydrogen) atoms. The van der Waals surface area contributed by atoms with Crippen LogP contribution in [0.15, 0.2) is 24.3 Å². The van der Waals surface area contributed by atoms with Crippen molar-refractivity contribution in [2.24, 2.45) is 5.92 Å². The first-order chi connectivity index (χ1) is 8.25. The number of phenolic OH excluding ortho intramolecular Hbond substituents is 1. The minimum atomic E-state index is 0.121. The maximum atomic E-state index is 9.94. The van der Waals surface area contributed by atoms with Crippen LogP contribution in [0.2, 0.25) is 0 Å². The molecule has 1 aromatic rings. The van der Waals surface area contributed by atoms with E-state index in [-0.39, 0.29) is 6.10 Å². The van der Waals surface area contributed by atoms with E-state index in [0.29, 0.717) is 11.7 Å². The molecule has 1 aliphatic heterocycles. The molecule has 0 saturated heterocycles. The maximum absolute atomic E-state index is 9.94. The van der Waals surface area contributed by atoms with Crippen LogP contribution in [0.4, 0.5) is 0 Å². The largest absolute Gasteiger partial charge is 0.504 e. The third kappa shape index (κ3) is 1.11. The molecule has 1 N–H and O–H groups in total. The Kier molecular flexibility index (Phi) is 1.73. The molecule has 0 aromatic heterocycles. The van der Waals surface area contributed by atoms with Crippen molar-refractivity contribution < 1.29 is 9.84 Å². The average Bonchev–Trinajstić information content (AvgIpc) is 2.75. The Bertz CT molecular complexity index is 518. The second-order valence-corrected chi connectivity index (χ2v) is 5.55. The standard InChI is InChI=1S/C15H16O2/c1-8-2-3-9-4-5-10-6-7-11(16)15-13(10)12(9)14(8)17-15/h6-7,9,12,14,16H,1-5H2. The number of aromatic hydroxyl groups is 1. The summed E-state index contributed by atoms with van der Waals surface area (Å²) in [6.07, 6.45) is 4.82. The quantitative estimate of drug-likeness (QED) is 0.691. The lowest BCUT2D eigenvalue weighted by Gasteiger charge is -2.37. The van der Waals surface area contributed by atoms with Gasteiger partial charge in [-0.1, -0.05) is 12.6 Å². The van der Waals surface area contributed by atoms with Crippen LogP contribution in [0.5, 0.6) is 11.5 Å². The van der Waals surface area contributed by atoms with Gasteiger partial charge >= 0.3 is 0 Å². The molecule has 3 unspecified atom stereocenters. The number of hydrogen-bond acceptors (Lipinski definition) is 2. The number of hydrogen-bond donors (Lipinski definition) is 1. The number of rotatable bonds is 0. The van der Waals surface area contributed by atoms with Crippen molar-refractivity contribution >= 4 is 0 Å². The molecule has 2 aliphatic carbocycles. The van der Waals surface area contributed by atoms with Crippen molar-refractivity contribution in [2.45, 2.75) is 37.7 Å². The van der Waals surface area contributed by atoms with E-state index in [4.69, 9.17) is 4.74 Å². The number of aryl methyl sites for hydroxylation is 1. The highest BCUT2D eigenvalue weighted by molar-refractivity contribution is 5.57. The van der Waals surface area contributed by atoms with E-state index < -0.39 is 0 Å². The Hall–Kier alpha value is -1.44. The van der Waals surface area contributed by atoms with Crippen molar-refractivity contribution in [3.8, 4) is 11.5 Å². The molecule has 88 valence electrons. The molecule has 1 heterocycles. The van der Waals surface area contributed by atoms with Gasteiger partial charge in [0, 0.05) is 11.5 Å². The maximum Gasteiger partial charge on any atom is 0.165 e. The first-order valence-electron chi connectivity index (χ1n) is 6.45. The highest BCUT2D eigenvalue weighted by Gasteiger charge is 2.47. The summed E-state index contributed by atoms with van der Waals surface area (Å²) in [5.41, 5.74) is 3.86. The average molecular weight is 228 g/mol. The molecule has 2 nitrogen and oxygen atoms in total. The van der Waals surface area contributed by atoms with Gasteiger partial charge in [0.05, 0.1) is 0 Å². The monoisotopic (exact) mass is 228 g/mol. The van der Waals surface area contributed by atoms with Crippen LogP contribution < -0.4 is 4.74 Å². The zero-order valence-corrected chi connectivity index (χ0v) is 9.78. The highest BCUT2D eigenvalue weighted by atomic mass is 16.5. The van der Waals surface area contributed by atoms with Gasteiger partial charge in [-0.25, -0.2) is 0 Å². The van der Waals surface area contributed by atoms with E-state index in [0.717, 1.165) is 24.5 Å². The molecular weight excluding hydrogens is 212 g/mol. The summed E-state index contributed by atoms with van der Waals surface area (Å²) >= 11 is 0. The van der Waals surface area contributed by atoms with Gasteiger partial charge in [0.15, 0.2) is 11.5 Å². The summed E-state index contributed by atoms with van der Waals surface area (Å²) in [7, 11) is 0.